The Balaban J connectivity index is 1.43. The first-order valence-corrected chi connectivity index (χ1v) is 11.9. The molecule has 1 amide bonds. The van der Waals surface area contributed by atoms with Crippen molar-refractivity contribution in [3.63, 3.8) is 0 Å². The van der Waals surface area contributed by atoms with Crippen LogP contribution in [-0.2, 0) is 10.0 Å². The van der Waals surface area contributed by atoms with Crippen LogP contribution in [-0.4, -0.2) is 24.2 Å². The van der Waals surface area contributed by atoms with Gasteiger partial charge in [0.2, 0.25) is 0 Å². The quantitative estimate of drug-likeness (QED) is 0.289. The number of non-ortho nitro benzene ring substituents is 1. The first kappa shape index (κ1) is 22.1. The second-order valence-electron chi connectivity index (χ2n) is 6.80. The summed E-state index contributed by atoms with van der Waals surface area (Å²) in [7, 11) is -3.73. The van der Waals surface area contributed by atoms with Crippen LogP contribution < -0.4 is 10.0 Å². The van der Waals surface area contributed by atoms with Crippen LogP contribution in [0.2, 0.25) is 0 Å². The van der Waals surface area contributed by atoms with E-state index in [2.05, 4.69) is 15.0 Å². The highest BCUT2D eigenvalue weighted by Crippen LogP contribution is 2.28. The summed E-state index contributed by atoms with van der Waals surface area (Å²) in [6, 6.07) is 20.0. The van der Waals surface area contributed by atoms with Gasteiger partial charge in [-0.1, -0.05) is 30.3 Å². The van der Waals surface area contributed by atoms with E-state index in [0.29, 0.717) is 27.6 Å². The molecule has 2 N–H and O–H groups in total. The molecule has 0 aliphatic carbocycles. The van der Waals surface area contributed by atoms with Gasteiger partial charge >= 0.3 is 0 Å². The minimum Gasteiger partial charge on any atom is -0.298 e. The minimum atomic E-state index is -3.73. The number of rotatable bonds is 7. The Morgan fingerprint density at radius 2 is 1.70 bits per heavy atom. The van der Waals surface area contributed by atoms with E-state index in [1.54, 1.807) is 35.7 Å². The summed E-state index contributed by atoms with van der Waals surface area (Å²) in [6.07, 6.45) is 0. The third kappa shape index (κ3) is 5.22. The van der Waals surface area contributed by atoms with Crippen LogP contribution in [0.15, 0.2) is 89.1 Å². The third-order valence-electron chi connectivity index (χ3n) is 4.53. The number of benzene rings is 3. The Hall–Kier alpha value is -4.09. The van der Waals surface area contributed by atoms with Gasteiger partial charge in [0.1, 0.15) is 0 Å². The molecule has 0 aliphatic heterocycles. The van der Waals surface area contributed by atoms with Gasteiger partial charge in [0.05, 0.1) is 15.5 Å². The predicted molar refractivity (Wildman–Crippen MR) is 126 cm³/mol. The zero-order valence-electron chi connectivity index (χ0n) is 16.8. The molecule has 166 valence electrons. The molecule has 1 aromatic heterocycles. The Labute approximate surface area is 193 Å². The fraction of sp³-hybridized carbons (Fsp3) is 0. The number of amides is 1. The lowest BCUT2D eigenvalue weighted by molar-refractivity contribution is -0.384. The van der Waals surface area contributed by atoms with E-state index in [9.17, 15) is 23.3 Å². The fourth-order valence-electron chi connectivity index (χ4n) is 2.92. The lowest BCUT2D eigenvalue weighted by Crippen LogP contribution is -2.14. The van der Waals surface area contributed by atoms with Crippen molar-refractivity contribution >= 4 is 43.8 Å². The molecule has 0 unspecified atom stereocenters. The van der Waals surface area contributed by atoms with Gasteiger partial charge in [-0.25, -0.2) is 13.4 Å². The van der Waals surface area contributed by atoms with Crippen molar-refractivity contribution in [3.8, 4) is 11.3 Å². The van der Waals surface area contributed by atoms with Crippen LogP contribution in [0.25, 0.3) is 11.3 Å². The number of nitrogens with one attached hydrogen (secondary N) is 2. The molecule has 0 fully saturated rings. The molecule has 0 radical (unpaired) electrons. The van der Waals surface area contributed by atoms with Gasteiger partial charge in [-0.15, -0.1) is 11.3 Å². The first-order chi connectivity index (χ1) is 15.8. The highest BCUT2D eigenvalue weighted by atomic mass is 32.2. The van der Waals surface area contributed by atoms with Gasteiger partial charge < -0.3 is 0 Å². The number of sulfonamides is 1. The fourth-order valence-corrected chi connectivity index (χ4v) is 4.71. The number of nitrogens with zero attached hydrogens (tertiary/aromatic N) is 2. The van der Waals surface area contributed by atoms with E-state index < -0.39 is 20.9 Å². The largest absolute Gasteiger partial charge is 0.298 e. The van der Waals surface area contributed by atoms with E-state index in [0.717, 1.165) is 0 Å². The molecule has 4 aromatic rings. The Morgan fingerprint density at radius 1 is 0.970 bits per heavy atom. The highest BCUT2D eigenvalue weighted by molar-refractivity contribution is 7.92. The molecule has 0 saturated heterocycles. The topological polar surface area (TPSA) is 131 Å². The molecule has 0 aliphatic rings. The molecular weight excluding hydrogens is 464 g/mol. The molecule has 1 heterocycles. The van der Waals surface area contributed by atoms with Crippen LogP contribution >= 0.6 is 11.3 Å². The second-order valence-corrected chi connectivity index (χ2v) is 9.34. The number of hydrogen-bond donors (Lipinski definition) is 2. The number of thiazole rings is 1. The summed E-state index contributed by atoms with van der Waals surface area (Å²) >= 11 is 1.19. The Bertz CT molecular complexity index is 1420. The van der Waals surface area contributed by atoms with Crippen molar-refractivity contribution < 1.29 is 18.1 Å². The maximum Gasteiger partial charge on any atom is 0.270 e. The molecule has 9 nitrogen and oxygen atoms in total. The molecule has 0 bridgehead atoms. The minimum absolute atomic E-state index is 0.0472. The average Bonchev–Trinajstić information content (AvgIpc) is 3.28. The zero-order valence-corrected chi connectivity index (χ0v) is 18.5. The van der Waals surface area contributed by atoms with Crippen LogP contribution in [0, 0.1) is 10.1 Å². The van der Waals surface area contributed by atoms with Crippen LogP contribution in [0.4, 0.5) is 16.5 Å². The number of anilines is 2. The van der Waals surface area contributed by atoms with Gasteiger partial charge in [-0.2, -0.15) is 0 Å². The predicted octanol–water partition coefficient (Wildman–Crippen LogP) is 4.77. The van der Waals surface area contributed by atoms with Gasteiger partial charge in [-0.3, -0.25) is 24.9 Å². The summed E-state index contributed by atoms with van der Waals surface area (Å²) in [6.45, 7) is 0. The number of carbonyl (C=O) groups is 1. The van der Waals surface area contributed by atoms with E-state index in [1.165, 1.54) is 59.9 Å². The van der Waals surface area contributed by atoms with Crippen molar-refractivity contribution in [2.75, 3.05) is 10.0 Å². The lowest BCUT2D eigenvalue weighted by atomic mass is 10.1. The smallest absolute Gasteiger partial charge is 0.270 e. The van der Waals surface area contributed by atoms with Crippen molar-refractivity contribution in [1.82, 2.24) is 4.98 Å². The molecule has 4 rings (SSSR count). The monoisotopic (exact) mass is 480 g/mol. The second kappa shape index (κ2) is 9.18. The summed E-state index contributed by atoms with van der Waals surface area (Å²) in [5, 5.41) is 15.7. The summed E-state index contributed by atoms with van der Waals surface area (Å²) < 4.78 is 27.3. The molecule has 11 heteroatoms. The Morgan fingerprint density at radius 3 is 2.39 bits per heavy atom. The van der Waals surface area contributed by atoms with Crippen LogP contribution in [0.5, 0.6) is 0 Å². The maximum atomic E-state index is 12.5. The average molecular weight is 481 g/mol. The maximum absolute atomic E-state index is 12.5. The van der Waals surface area contributed by atoms with Crippen molar-refractivity contribution in [2.24, 2.45) is 0 Å². The molecule has 3 aromatic carbocycles. The van der Waals surface area contributed by atoms with Gasteiger partial charge in [-0.05, 0) is 36.4 Å². The lowest BCUT2D eigenvalue weighted by Gasteiger charge is -2.08. The van der Waals surface area contributed by atoms with Crippen LogP contribution in [0.1, 0.15) is 10.4 Å². The van der Waals surface area contributed by atoms with Gasteiger partial charge in [0.25, 0.3) is 21.6 Å². The van der Waals surface area contributed by atoms with Crippen molar-refractivity contribution in [3.05, 3.63) is 99.9 Å². The Kier molecular flexibility index (Phi) is 6.16. The standard InChI is InChI=1S/C22H16N4O5S2/c27-21(24-22-23-20(14-32-22)16-5-4-6-18(13-16)26(28)29)15-9-11-17(12-10-15)25-33(30,31)19-7-2-1-3-8-19/h1-14,25H,(H,23,24,27). The number of carbonyl (C=O) groups excluding carboxylic acids is 1. The van der Waals surface area contributed by atoms with Crippen molar-refractivity contribution in [1.29, 1.82) is 0 Å². The first-order valence-electron chi connectivity index (χ1n) is 9.51. The van der Waals surface area contributed by atoms with E-state index in [-0.39, 0.29) is 10.6 Å². The molecule has 33 heavy (non-hydrogen) atoms. The summed E-state index contributed by atoms with van der Waals surface area (Å²) in [5.74, 6) is -0.424. The summed E-state index contributed by atoms with van der Waals surface area (Å²) in [4.78, 5) is 27.5. The zero-order chi connectivity index (χ0) is 23.4. The SMILES string of the molecule is O=C(Nc1nc(-c2cccc([N+](=O)[O-])c2)cs1)c1ccc(NS(=O)(=O)c2ccccc2)cc1. The highest BCUT2D eigenvalue weighted by Gasteiger charge is 2.15. The molecule has 0 saturated carbocycles. The molecule has 0 atom stereocenters. The van der Waals surface area contributed by atoms with E-state index >= 15 is 0 Å². The number of aromatic nitrogens is 1. The third-order valence-corrected chi connectivity index (χ3v) is 6.69. The van der Waals surface area contributed by atoms with Gasteiger partial charge in [0.15, 0.2) is 5.13 Å². The number of hydrogen-bond acceptors (Lipinski definition) is 7. The normalized spacial score (nSPS) is 11.0. The van der Waals surface area contributed by atoms with Crippen molar-refractivity contribution in [2.45, 2.75) is 4.90 Å². The summed E-state index contributed by atoms with van der Waals surface area (Å²) in [5.41, 5.74) is 1.65. The number of nitro groups is 1. The molecular formula is C22H16N4O5S2. The molecule has 0 spiro atoms. The van der Waals surface area contributed by atoms with Crippen LogP contribution in [0.3, 0.4) is 0 Å². The number of nitro benzene ring substituents is 1. The van der Waals surface area contributed by atoms with Gasteiger partial charge in [0, 0.05) is 34.3 Å². The van der Waals surface area contributed by atoms with E-state index in [1.807, 2.05) is 0 Å². The van der Waals surface area contributed by atoms with E-state index in [4.69, 9.17) is 0 Å².